The predicted octanol–water partition coefficient (Wildman–Crippen LogP) is 1.07. The number of halogens is 1. The summed E-state index contributed by atoms with van der Waals surface area (Å²) in [5.41, 5.74) is 0. The van der Waals surface area contributed by atoms with Crippen LogP contribution in [0.2, 0.25) is 5.15 Å². The molecule has 1 rings (SSSR count). The molecule has 0 unspecified atom stereocenters. The van der Waals surface area contributed by atoms with E-state index in [2.05, 4.69) is 20.6 Å². The highest BCUT2D eigenvalue weighted by Crippen LogP contribution is 2.08. The fourth-order valence-electron chi connectivity index (χ4n) is 1.03. The molecule has 0 radical (unpaired) electrons. The molecular weight excluding hydrogens is 216 g/mol. The van der Waals surface area contributed by atoms with Crippen molar-refractivity contribution >= 4 is 23.3 Å². The van der Waals surface area contributed by atoms with Crippen molar-refractivity contribution in [3.63, 3.8) is 0 Å². The summed E-state index contributed by atoms with van der Waals surface area (Å²) >= 11 is 5.64. The number of aromatic nitrogens is 2. The molecular formula is C9H13ClN4O. The van der Waals surface area contributed by atoms with Gasteiger partial charge in [-0.2, -0.15) is 0 Å². The molecule has 0 saturated carbocycles. The molecule has 0 bridgehead atoms. The fraction of sp³-hybridized carbons (Fsp3) is 0.444. The Morgan fingerprint density at radius 2 is 2.33 bits per heavy atom. The number of carbonyl (C=O) groups excluding carboxylic acids is 1. The van der Waals surface area contributed by atoms with Gasteiger partial charge in [-0.25, -0.2) is 9.97 Å². The Labute approximate surface area is 93.3 Å². The first-order valence-corrected chi connectivity index (χ1v) is 5.02. The van der Waals surface area contributed by atoms with Gasteiger partial charge in [-0.1, -0.05) is 11.6 Å². The van der Waals surface area contributed by atoms with E-state index in [0.29, 0.717) is 17.4 Å². The van der Waals surface area contributed by atoms with Crippen LogP contribution in [0.3, 0.4) is 0 Å². The first kappa shape index (κ1) is 11.9. The van der Waals surface area contributed by atoms with E-state index in [1.807, 2.05) is 7.05 Å². The molecule has 82 valence electrons. The van der Waals surface area contributed by atoms with E-state index in [-0.39, 0.29) is 5.91 Å². The molecule has 1 aromatic heterocycles. The average Bonchev–Trinajstić information content (AvgIpc) is 2.18. The van der Waals surface area contributed by atoms with E-state index >= 15 is 0 Å². The minimum atomic E-state index is -0.0694. The zero-order valence-electron chi connectivity index (χ0n) is 8.46. The van der Waals surface area contributed by atoms with Gasteiger partial charge >= 0.3 is 0 Å². The van der Waals surface area contributed by atoms with Crippen molar-refractivity contribution < 1.29 is 4.79 Å². The quantitative estimate of drug-likeness (QED) is 0.585. The smallest absolute Gasteiger partial charge is 0.225 e. The molecule has 5 nitrogen and oxygen atoms in total. The third kappa shape index (κ3) is 4.71. The third-order valence-corrected chi connectivity index (χ3v) is 1.94. The zero-order chi connectivity index (χ0) is 11.1. The Hall–Kier alpha value is -1.20. The summed E-state index contributed by atoms with van der Waals surface area (Å²) in [6.07, 6.45) is 2.56. The lowest BCUT2D eigenvalue weighted by Crippen LogP contribution is -2.15. The van der Waals surface area contributed by atoms with E-state index in [1.165, 1.54) is 12.4 Å². The van der Waals surface area contributed by atoms with Crippen LogP contribution in [0.25, 0.3) is 0 Å². The van der Waals surface area contributed by atoms with Crippen molar-refractivity contribution in [2.45, 2.75) is 12.8 Å². The van der Waals surface area contributed by atoms with Gasteiger partial charge in [-0.3, -0.25) is 4.79 Å². The van der Waals surface area contributed by atoms with Gasteiger partial charge in [0.05, 0.1) is 0 Å². The molecule has 0 saturated heterocycles. The van der Waals surface area contributed by atoms with Gasteiger partial charge in [0, 0.05) is 12.5 Å². The highest BCUT2D eigenvalue weighted by atomic mass is 35.5. The zero-order valence-corrected chi connectivity index (χ0v) is 9.21. The highest BCUT2D eigenvalue weighted by molar-refractivity contribution is 6.29. The SMILES string of the molecule is CNCCCC(=O)Nc1cc(Cl)ncn1. The number of hydrogen-bond acceptors (Lipinski definition) is 4. The van der Waals surface area contributed by atoms with Gasteiger partial charge < -0.3 is 10.6 Å². The number of hydrogen-bond donors (Lipinski definition) is 2. The molecule has 1 amide bonds. The Bertz CT molecular complexity index is 332. The lowest BCUT2D eigenvalue weighted by atomic mass is 10.3. The van der Waals surface area contributed by atoms with Gasteiger partial charge in [-0.15, -0.1) is 0 Å². The van der Waals surface area contributed by atoms with Gasteiger partial charge in [-0.05, 0) is 20.0 Å². The van der Waals surface area contributed by atoms with Gasteiger partial charge in [0.25, 0.3) is 0 Å². The van der Waals surface area contributed by atoms with Crippen LogP contribution in [0.15, 0.2) is 12.4 Å². The van der Waals surface area contributed by atoms with Crippen LogP contribution in [0.1, 0.15) is 12.8 Å². The second-order valence-electron chi connectivity index (χ2n) is 2.98. The highest BCUT2D eigenvalue weighted by Gasteiger charge is 2.03. The topological polar surface area (TPSA) is 66.9 Å². The monoisotopic (exact) mass is 228 g/mol. The maximum absolute atomic E-state index is 11.4. The summed E-state index contributed by atoms with van der Waals surface area (Å²) in [6, 6.07) is 1.51. The van der Waals surface area contributed by atoms with E-state index in [4.69, 9.17) is 11.6 Å². The summed E-state index contributed by atoms with van der Waals surface area (Å²) in [5.74, 6) is 0.365. The normalized spacial score (nSPS) is 10.0. The average molecular weight is 229 g/mol. The minimum absolute atomic E-state index is 0.0694. The third-order valence-electron chi connectivity index (χ3n) is 1.73. The fourth-order valence-corrected chi connectivity index (χ4v) is 1.18. The second kappa shape index (κ2) is 6.31. The van der Waals surface area contributed by atoms with Crippen molar-refractivity contribution in [2.24, 2.45) is 0 Å². The van der Waals surface area contributed by atoms with Crippen molar-refractivity contribution in [1.82, 2.24) is 15.3 Å². The van der Waals surface area contributed by atoms with Gasteiger partial charge in [0.15, 0.2) is 0 Å². The van der Waals surface area contributed by atoms with Crippen molar-refractivity contribution in [1.29, 1.82) is 0 Å². The molecule has 1 aromatic rings. The summed E-state index contributed by atoms with van der Waals surface area (Å²) in [7, 11) is 1.85. The second-order valence-corrected chi connectivity index (χ2v) is 3.37. The van der Waals surface area contributed by atoms with E-state index in [1.54, 1.807) is 0 Å². The molecule has 0 aliphatic carbocycles. The Morgan fingerprint density at radius 1 is 1.53 bits per heavy atom. The first-order chi connectivity index (χ1) is 7.22. The minimum Gasteiger partial charge on any atom is -0.320 e. The number of amides is 1. The molecule has 0 aliphatic heterocycles. The van der Waals surface area contributed by atoms with E-state index in [9.17, 15) is 4.79 Å². The molecule has 15 heavy (non-hydrogen) atoms. The lowest BCUT2D eigenvalue weighted by Gasteiger charge is -2.03. The molecule has 0 fully saturated rings. The van der Waals surface area contributed by atoms with Gasteiger partial charge in [0.1, 0.15) is 17.3 Å². The maximum Gasteiger partial charge on any atom is 0.225 e. The molecule has 0 atom stereocenters. The van der Waals surface area contributed by atoms with Crippen LogP contribution in [-0.2, 0) is 4.79 Å². The van der Waals surface area contributed by atoms with Gasteiger partial charge in [0.2, 0.25) is 5.91 Å². The summed E-state index contributed by atoms with van der Waals surface area (Å²) in [5, 5.41) is 5.92. The van der Waals surface area contributed by atoms with Crippen molar-refractivity contribution in [3.8, 4) is 0 Å². The van der Waals surface area contributed by atoms with Crippen molar-refractivity contribution in [2.75, 3.05) is 18.9 Å². The molecule has 0 spiro atoms. The summed E-state index contributed by atoms with van der Waals surface area (Å²) in [4.78, 5) is 18.9. The molecule has 0 aromatic carbocycles. The number of anilines is 1. The van der Waals surface area contributed by atoms with Crippen LogP contribution in [0.5, 0.6) is 0 Å². The molecule has 6 heteroatoms. The Kier molecular flexibility index (Phi) is 5.00. The number of carbonyl (C=O) groups is 1. The van der Waals surface area contributed by atoms with Crippen LogP contribution in [0.4, 0.5) is 5.82 Å². The number of nitrogens with one attached hydrogen (secondary N) is 2. The molecule has 2 N–H and O–H groups in total. The summed E-state index contributed by atoms with van der Waals surface area (Å²) < 4.78 is 0. The Balaban J connectivity index is 2.37. The Morgan fingerprint density at radius 3 is 3.00 bits per heavy atom. The first-order valence-electron chi connectivity index (χ1n) is 4.64. The van der Waals surface area contributed by atoms with Crippen LogP contribution >= 0.6 is 11.6 Å². The van der Waals surface area contributed by atoms with Crippen LogP contribution < -0.4 is 10.6 Å². The maximum atomic E-state index is 11.4. The predicted molar refractivity (Wildman–Crippen MR) is 58.8 cm³/mol. The number of rotatable bonds is 5. The lowest BCUT2D eigenvalue weighted by molar-refractivity contribution is -0.116. The van der Waals surface area contributed by atoms with Crippen LogP contribution in [0, 0.1) is 0 Å². The van der Waals surface area contributed by atoms with Crippen LogP contribution in [-0.4, -0.2) is 29.5 Å². The largest absolute Gasteiger partial charge is 0.320 e. The molecule has 1 heterocycles. The number of nitrogens with zero attached hydrogens (tertiary/aromatic N) is 2. The standard InChI is InChI=1S/C9H13ClN4O/c1-11-4-2-3-9(15)14-8-5-7(10)12-6-13-8/h5-6,11H,2-4H2,1H3,(H,12,13,14,15). The summed E-state index contributed by atoms with van der Waals surface area (Å²) in [6.45, 7) is 0.817. The van der Waals surface area contributed by atoms with E-state index < -0.39 is 0 Å². The molecule has 0 aliphatic rings. The van der Waals surface area contributed by atoms with E-state index in [0.717, 1.165) is 13.0 Å². The van der Waals surface area contributed by atoms with Crippen molar-refractivity contribution in [3.05, 3.63) is 17.5 Å².